The monoisotopic (exact) mass is 271 g/mol. The molecule has 1 heterocycles. The van der Waals surface area contributed by atoms with Gasteiger partial charge in [-0.25, -0.2) is 9.97 Å². The number of hydrogen-bond acceptors (Lipinski definition) is 4. The lowest BCUT2D eigenvalue weighted by Gasteiger charge is -2.23. The summed E-state index contributed by atoms with van der Waals surface area (Å²) in [6.45, 7) is 7.12. The zero-order chi connectivity index (χ0) is 13.9. The second-order valence-corrected chi connectivity index (χ2v) is 5.48. The van der Waals surface area contributed by atoms with E-state index < -0.39 is 11.4 Å². The standard InChI is InChI=1S/C12H18ClN3O2/c1-7(2)10-14-5-8(13)9(15-10)11(18)16-12(3,4)6-17/h5,7,17H,6H2,1-4H3,(H,16,18). The van der Waals surface area contributed by atoms with Gasteiger partial charge in [0.25, 0.3) is 5.91 Å². The molecule has 0 aromatic carbocycles. The lowest BCUT2D eigenvalue weighted by Crippen LogP contribution is -2.46. The Morgan fingerprint density at radius 2 is 2.17 bits per heavy atom. The van der Waals surface area contributed by atoms with Crippen LogP contribution in [0.15, 0.2) is 6.20 Å². The van der Waals surface area contributed by atoms with E-state index >= 15 is 0 Å². The molecule has 1 aromatic rings. The Labute approximate surface area is 112 Å². The van der Waals surface area contributed by atoms with Crippen molar-refractivity contribution in [3.05, 3.63) is 22.7 Å². The van der Waals surface area contributed by atoms with Crippen molar-refractivity contribution in [2.45, 2.75) is 39.2 Å². The van der Waals surface area contributed by atoms with Gasteiger partial charge in [0.2, 0.25) is 0 Å². The summed E-state index contributed by atoms with van der Waals surface area (Å²) in [4.78, 5) is 20.2. The Morgan fingerprint density at radius 1 is 1.56 bits per heavy atom. The highest BCUT2D eigenvalue weighted by Crippen LogP contribution is 2.17. The second kappa shape index (κ2) is 5.63. The number of aliphatic hydroxyl groups excluding tert-OH is 1. The summed E-state index contributed by atoms with van der Waals surface area (Å²) >= 11 is 5.92. The number of carbonyl (C=O) groups is 1. The molecular weight excluding hydrogens is 254 g/mol. The summed E-state index contributed by atoms with van der Waals surface area (Å²) in [6, 6.07) is 0. The number of halogens is 1. The second-order valence-electron chi connectivity index (χ2n) is 5.08. The highest BCUT2D eigenvalue weighted by molar-refractivity contribution is 6.33. The van der Waals surface area contributed by atoms with Crippen molar-refractivity contribution < 1.29 is 9.90 Å². The molecule has 100 valence electrons. The maximum Gasteiger partial charge on any atom is 0.272 e. The van der Waals surface area contributed by atoms with Gasteiger partial charge in [-0.2, -0.15) is 0 Å². The lowest BCUT2D eigenvalue weighted by molar-refractivity contribution is 0.0864. The van der Waals surface area contributed by atoms with Crippen molar-refractivity contribution in [3.63, 3.8) is 0 Å². The molecule has 0 saturated carbocycles. The van der Waals surface area contributed by atoms with Gasteiger partial charge in [-0.15, -0.1) is 0 Å². The number of nitrogens with zero attached hydrogens (tertiary/aromatic N) is 2. The van der Waals surface area contributed by atoms with Crippen molar-refractivity contribution in [3.8, 4) is 0 Å². The molecule has 0 fully saturated rings. The molecule has 0 aliphatic rings. The summed E-state index contributed by atoms with van der Waals surface area (Å²) in [5.41, 5.74) is -0.583. The highest BCUT2D eigenvalue weighted by atomic mass is 35.5. The first-order valence-corrected chi connectivity index (χ1v) is 6.10. The Bertz CT molecular complexity index is 447. The first-order valence-electron chi connectivity index (χ1n) is 5.72. The first-order chi connectivity index (χ1) is 8.26. The number of nitrogens with one attached hydrogen (secondary N) is 1. The van der Waals surface area contributed by atoms with Crippen molar-refractivity contribution >= 4 is 17.5 Å². The van der Waals surface area contributed by atoms with E-state index in [0.717, 1.165) is 0 Å². The average Bonchev–Trinajstić information content (AvgIpc) is 2.28. The first kappa shape index (κ1) is 14.9. The zero-order valence-electron chi connectivity index (χ0n) is 11.0. The van der Waals surface area contributed by atoms with Crippen LogP contribution >= 0.6 is 11.6 Å². The van der Waals surface area contributed by atoms with Crippen LogP contribution in [0.4, 0.5) is 0 Å². The number of amides is 1. The van der Waals surface area contributed by atoms with E-state index in [2.05, 4.69) is 15.3 Å². The Morgan fingerprint density at radius 3 is 2.67 bits per heavy atom. The highest BCUT2D eigenvalue weighted by Gasteiger charge is 2.23. The largest absolute Gasteiger partial charge is 0.394 e. The van der Waals surface area contributed by atoms with Crippen LogP contribution in [0.5, 0.6) is 0 Å². The van der Waals surface area contributed by atoms with Crippen molar-refractivity contribution in [2.24, 2.45) is 0 Å². The van der Waals surface area contributed by atoms with Crippen LogP contribution in [0.3, 0.4) is 0 Å². The van der Waals surface area contributed by atoms with Crippen molar-refractivity contribution in [1.82, 2.24) is 15.3 Å². The van der Waals surface area contributed by atoms with Gasteiger partial charge in [-0.3, -0.25) is 4.79 Å². The molecule has 0 atom stereocenters. The molecule has 18 heavy (non-hydrogen) atoms. The van der Waals surface area contributed by atoms with Crippen LogP contribution < -0.4 is 5.32 Å². The zero-order valence-corrected chi connectivity index (χ0v) is 11.7. The number of carbonyl (C=O) groups excluding carboxylic acids is 1. The van der Waals surface area contributed by atoms with Crippen molar-refractivity contribution in [1.29, 1.82) is 0 Å². The number of aromatic nitrogens is 2. The minimum Gasteiger partial charge on any atom is -0.394 e. The number of aliphatic hydroxyl groups is 1. The third-order valence-electron chi connectivity index (χ3n) is 2.34. The van der Waals surface area contributed by atoms with Gasteiger partial charge >= 0.3 is 0 Å². The van der Waals surface area contributed by atoms with Gasteiger partial charge in [0.15, 0.2) is 0 Å². The molecule has 0 aliphatic carbocycles. The molecule has 1 aromatic heterocycles. The maximum atomic E-state index is 12.0. The predicted molar refractivity (Wildman–Crippen MR) is 69.8 cm³/mol. The third-order valence-corrected chi connectivity index (χ3v) is 2.62. The molecule has 1 amide bonds. The predicted octanol–water partition coefficient (Wildman–Crippen LogP) is 1.75. The molecule has 0 radical (unpaired) electrons. The van der Waals surface area contributed by atoms with Crippen LogP contribution in [0.1, 0.15) is 49.9 Å². The summed E-state index contributed by atoms with van der Waals surface area (Å²) in [5, 5.41) is 12.0. The molecule has 6 heteroatoms. The topological polar surface area (TPSA) is 75.1 Å². The fourth-order valence-electron chi connectivity index (χ4n) is 1.22. The fourth-order valence-corrected chi connectivity index (χ4v) is 1.40. The fraction of sp³-hybridized carbons (Fsp3) is 0.583. The Hall–Kier alpha value is -1.20. The van der Waals surface area contributed by atoms with Gasteiger partial charge < -0.3 is 10.4 Å². The summed E-state index contributed by atoms with van der Waals surface area (Å²) in [5.74, 6) is 0.259. The van der Waals surface area contributed by atoms with Crippen LogP contribution in [0, 0.1) is 0 Å². The molecule has 0 unspecified atom stereocenters. The minimum absolute atomic E-state index is 0.111. The van der Waals surface area contributed by atoms with Gasteiger partial charge in [0, 0.05) is 5.92 Å². The quantitative estimate of drug-likeness (QED) is 0.875. The number of hydrogen-bond donors (Lipinski definition) is 2. The Balaban J connectivity index is 3.02. The number of rotatable bonds is 4. The SMILES string of the molecule is CC(C)c1ncc(Cl)c(C(=O)NC(C)(C)CO)n1. The lowest BCUT2D eigenvalue weighted by atomic mass is 10.1. The molecule has 0 bridgehead atoms. The van der Waals surface area contributed by atoms with Crippen LogP contribution in [0.25, 0.3) is 0 Å². The molecule has 1 rings (SSSR count). The van der Waals surface area contributed by atoms with Gasteiger partial charge in [0.1, 0.15) is 11.5 Å². The van der Waals surface area contributed by atoms with E-state index in [1.807, 2.05) is 13.8 Å². The van der Waals surface area contributed by atoms with E-state index in [4.69, 9.17) is 16.7 Å². The van der Waals surface area contributed by atoms with E-state index in [9.17, 15) is 4.79 Å². The molecular formula is C12H18ClN3O2. The normalized spacial score (nSPS) is 11.7. The van der Waals surface area contributed by atoms with Crippen LogP contribution in [-0.4, -0.2) is 33.1 Å². The molecule has 5 nitrogen and oxygen atoms in total. The molecule has 0 aliphatic heterocycles. The van der Waals surface area contributed by atoms with E-state index in [-0.39, 0.29) is 23.2 Å². The van der Waals surface area contributed by atoms with Crippen molar-refractivity contribution in [2.75, 3.05) is 6.61 Å². The van der Waals surface area contributed by atoms with Gasteiger partial charge in [-0.05, 0) is 13.8 Å². The molecule has 2 N–H and O–H groups in total. The smallest absolute Gasteiger partial charge is 0.272 e. The summed E-state index contributed by atoms with van der Waals surface area (Å²) in [6.07, 6.45) is 1.42. The summed E-state index contributed by atoms with van der Waals surface area (Å²) < 4.78 is 0. The van der Waals surface area contributed by atoms with E-state index in [0.29, 0.717) is 5.82 Å². The van der Waals surface area contributed by atoms with Gasteiger partial charge in [0.05, 0.1) is 23.4 Å². The summed E-state index contributed by atoms with van der Waals surface area (Å²) in [7, 11) is 0. The van der Waals surface area contributed by atoms with Crippen LogP contribution in [-0.2, 0) is 0 Å². The van der Waals surface area contributed by atoms with E-state index in [1.54, 1.807) is 13.8 Å². The van der Waals surface area contributed by atoms with E-state index in [1.165, 1.54) is 6.20 Å². The maximum absolute atomic E-state index is 12.0. The molecule has 0 saturated heterocycles. The average molecular weight is 272 g/mol. The molecule has 0 spiro atoms. The van der Waals surface area contributed by atoms with Gasteiger partial charge in [-0.1, -0.05) is 25.4 Å². The minimum atomic E-state index is -0.719. The Kier molecular flexibility index (Phi) is 4.65. The van der Waals surface area contributed by atoms with Crippen LogP contribution in [0.2, 0.25) is 5.02 Å². The third kappa shape index (κ3) is 3.65.